The van der Waals surface area contributed by atoms with Crippen molar-refractivity contribution in [1.82, 2.24) is 4.98 Å². The number of benzene rings is 1. The van der Waals surface area contributed by atoms with Gasteiger partial charge in [0, 0.05) is 4.88 Å². The predicted molar refractivity (Wildman–Crippen MR) is 71.4 cm³/mol. The number of hydrogen-bond donors (Lipinski definition) is 0. The highest BCUT2D eigenvalue weighted by Gasteiger charge is 2.11. The van der Waals surface area contributed by atoms with Crippen LogP contribution in [0.3, 0.4) is 0 Å². The molecule has 2 heterocycles. The summed E-state index contributed by atoms with van der Waals surface area (Å²) in [6.07, 6.45) is 0. The van der Waals surface area contributed by atoms with Crippen molar-refractivity contribution in [2.24, 2.45) is 0 Å². The second-order valence-electron chi connectivity index (χ2n) is 4.34. The highest BCUT2D eigenvalue weighted by atomic mass is 32.1. The van der Waals surface area contributed by atoms with Crippen molar-refractivity contribution >= 4 is 22.4 Å². The Hall–Kier alpha value is -1.61. The van der Waals surface area contributed by atoms with E-state index in [1.807, 2.05) is 24.3 Å². The van der Waals surface area contributed by atoms with Crippen LogP contribution >= 0.6 is 11.3 Å². The Bertz CT molecular complexity index is 618. The topological polar surface area (TPSA) is 26.0 Å². The molecule has 0 aliphatic heterocycles. The lowest BCUT2D eigenvalue weighted by Gasteiger charge is -1.96. The van der Waals surface area contributed by atoms with Crippen LogP contribution in [0.4, 0.5) is 0 Å². The van der Waals surface area contributed by atoms with Crippen molar-refractivity contribution < 1.29 is 4.42 Å². The van der Waals surface area contributed by atoms with Gasteiger partial charge < -0.3 is 4.42 Å². The first-order chi connectivity index (χ1) is 8.24. The number of fused-ring (bicyclic) bond motifs is 1. The molecule has 0 spiro atoms. The molecular formula is C14H13NOS. The lowest BCUT2D eigenvalue weighted by Crippen LogP contribution is -1.77. The van der Waals surface area contributed by atoms with Crippen LogP contribution in [0.25, 0.3) is 21.9 Å². The van der Waals surface area contributed by atoms with Gasteiger partial charge in [-0.25, -0.2) is 4.98 Å². The van der Waals surface area contributed by atoms with E-state index in [1.165, 1.54) is 4.88 Å². The van der Waals surface area contributed by atoms with Gasteiger partial charge >= 0.3 is 0 Å². The zero-order valence-electron chi connectivity index (χ0n) is 9.81. The molecule has 0 bridgehead atoms. The van der Waals surface area contributed by atoms with Gasteiger partial charge in [-0.2, -0.15) is 0 Å². The van der Waals surface area contributed by atoms with Crippen molar-refractivity contribution in [1.29, 1.82) is 0 Å². The van der Waals surface area contributed by atoms with Crippen LogP contribution in [-0.2, 0) is 0 Å². The molecule has 0 atom stereocenters. The molecule has 2 aromatic heterocycles. The van der Waals surface area contributed by atoms with E-state index < -0.39 is 0 Å². The highest BCUT2D eigenvalue weighted by molar-refractivity contribution is 7.15. The molecule has 3 aromatic rings. The maximum absolute atomic E-state index is 5.75. The lowest BCUT2D eigenvalue weighted by molar-refractivity contribution is 0.621. The maximum Gasteiger partial charge on any atom is 0.237 e. The molecule has 0 radical (unpaired) electrons. The molecule has 0 aliphatic rings. The zero-order valence-corrected chi connectivity index (χ0v) is 10.6. The summed E-state index contributed by atoms with van der Waals surface area (Å²) in [6.45, 7) is 4.39. The third-order valence-electron chi connectivity index (χ3n) is 2.70. The Morgan fingerprint density at radius 2 is 1.94 bits per heavy atom. The molecule has 0 saturated heterocycles. The Labute approximate surface area is 104 Å². The molecule has 86 valence electrons. The van der Waals surface area contributed by atoms with E-state index in [1.54, 1.807) is 11.3 Å². The zero-order chi connectivity index (χ0) is 11.8. The summed E-state index contributed by atoms with van der Waals surface area (Å²) in [5.41, 5.74) is 1.77. The van der Waals surface area contributed by atoms with Crippen molar-refractivity contribution in [3.8, 4) is 10.8 Å². The van der Waals surface area contributed by atoms with Crippen LogP contribution in [0, 0.1) is 0 Å². The Kier molecular flexibility index (Phi) is 2.48. The van der Waals surface area contributed by atoms with Gasteiger partial charge in [0.05, 0.1) is 4.88 Å². The standard InChI is InChI=1S/C14H13NOS/c1-9(2)12-7-8-13(17-12)14-15-10-5-3-4-6-11(10)16-14/h3-9H,1-2H3. The molecule has 17 heavy (non-hydrogen) atoms. The first-order valence-corrected chi connectivity index (χ1v) is 6.51. The van der Waals surface area contributed by atoms with Crippen LogP contribution in [-0.4, -0.2) is 4.98 Å². The van der Waals surface area contributed by atoms with Crippen molar-refractivity contribution in [2.45, 2.75) is 19.8 Å². The van der Waals surface area contributed by atoms with Gasteiger partial charge in [-0.1, -0.05) is 26.0 Å². The van der Waals surface area contributed by atoms with E-state index in [2.05, 4.69) is 31.0 Å². The predicted octanol–water partition coefficient (Wildman–Crippen LogP) is 4.68. The van der Waals surface area contributed by atoms with E-state index in [9.17, 15) is 0 Å². The van der Waals surface area contributed by atoms with Gasteiger partial charge in [-0.15, -0.1) is 11.3 Å². The summed E-state index contributed by atoms with van der Waals surface area (Å²) >= 11 is 1.75. The molecule has 0 N–H and O–H groups in total. The molecule has 3 heteroatoms. The molecule has 0 unspecified atom stereocenters. The molecule has 2 nitrogen and oxygen atoms in total. The second-order valence-corrected chi connectivity index (χ2v) is 5.46. The van der Waals surface area contributed by atoms with Crippen LogP contribution in [0.2, 0.25) is 0 Å². The minimum absolute atomic E-state index is 0.554. The summed E-state index contributed by atoms with van der Waals surface area (Å²) in [5.74, 6) is 1.28. The molecule has 1 aromatic carbocycles. The van der Waals surface area contributed by atoms with Gasteiger partial charge in [0.2, 0.25) is 5.89 Å². The van der Waals surface area contributed by atoms with E-state index >= 15 is 0 Å². The van der Waals surface area contributed by atoms with Crippen molar-refractivity contribution in [3.05, 3.63) is 41.3 Å². The minimum Gasteiger partial charge on any atom is -0.435 e. The number of thiophene rings is 1. The fourth-order valence-electron chi connectivity index (χ4n) is 1.76. The monoisotopic (exact) mass is 243 g/mol. The summed E-state index contributed by atoms with van der Waals surface area (Å²) in [5, 5.41) is 0. The number of rotatable bonds is 2. The molecule has 0 aliphatic carbocycles. The van der Waals surface area contributed by atoms with E-state index in [4.69, 9.17) is 4.42 Å². The summed E-state index contributed by atoms with van der Waals surface area (Å²) in [6, 6.07) is 12.1. The van der Waals surface area contributed by atoms with Gasteiger partial charge in [0.15, 0.2) is 5.58 Å². The lowest BCUT2D eigenvalue weighted by atomic mass is 10.2. The number of para-hydroxylation sites is 2. The quantitative estimate of drug-likeness (QED) is 0.653. The maximum atomic E-state index is 5.75. The van der Waals surface area contributed by atoms with Crippen molar-refractivity contribution in [3.63, 3.8) is 0 Å². The second kappa shape index (κ2) is 4.00. The number of hydrogen-bond acceptors (Lipinski definition) is 3. The average Bonchev–Trinajstić information content (AvgIpc) is 2.95. The van der Waals surface area contributed by atoms with Gasteiger partial charge in [-0.3, -0.25) is 0 Å². The van der Waals surface area contributed by atoms with Gasteiger partial charge in [-0.05, 0) is 30.2 Å². The van der Waals surface area contributed by atoms with E-state index in [0.29, 0.717) is 5.92 Å². The summed E-state index contributed by atoms with van der Waals surface area (Å²) < 4.78 is 5.75. The normalized spacial score (nSPS) is 11.5. The molecule has 0 amide bonds. The summed E-state index contributed by atoms with van der Waals surface area (Å²) in [7, 11) is 0. The highest BCUT2D eigenvalue weighted by Crippen LogP contribution is 2.33. The third kappa shape index (κ3) is 1.87. The van der Waals surface area contributed by atoms with E-state index in [-0.39, 0.29) is 0 Å². The van der Waals surface area contributed by atoms with Crippen LogP contribution < -0.4 is 0 Å². The van der Waals surface area contributed by atoms with Gasteiger partial charge in [0.1, 0.15) is 5.52 Å². The fourth-order valence-corrected chi connectivity index (χ4v) is 2.69. The third-order valence-corrected chi connectivity index (χ3v) is 4.07. The number of oxazole rings is 1. The molecule has 0 saturated carbocycles. The fraction of sp³-hybridized carbons (Fsp3) is 0.214. The SMILES string of the molecule is CC(C)c1ccc(-c2nc3ccccc3o2)s1. The average molecular weight is 243 g/mol. The molecule has 0 fully saturated rings. The van der Waals surface area contributed by atoms with E-state index in [0.717, 1.165) is 21.9 Å². The van der Waals surface area contributed by atoms with Gasteiger partial charge in [0.25, 0.3) is 0 Å². The smallest absolute Gasteiger partial charge is 0.237 e. The first kappa shape index (κ1) is 10.5. The van der Waals surface area contributed by atoms with Crippen LogP contribution in [0.5, 0.6) is 0 Å². The first-order valence-electron chi connectivity index (χ1n) is 5.70. The molecular weight excluding hydrogens is 230 g/mol. The minimum atomic E-state index is 0.554. The number of aromatic nitrogens is 1. The largest absolute Gasteiger partial charge is 0.435 e. The Balaban J connectivity index is 2.07. The van der Waals surface area contributed by atoms with Crippen molar-refractivity contribution in [2.75, 3.05) is 0 Å². The van der Waals surface area contributed by atoms with Crippen LogP contribution in [0.1, 0.15) is 24.6 Å². The number of nitrogens with zero attached hydrogens (tertiary/aromatic N) is 1. The van der Waals surface area contributed by atoms with Crippen LogP contribution in [0.15, 0.2) is 40.8 Å². The Morgan fingerprint density at radius 1 is 1.12 bits per heavy atom. The molecule has 3 rings (SSSR count). The Morgan fingerprint density at radius 3 is 2.65 bits per heavy atom. The summed E-state index contributed by atoms with van der Waals surface area (Å²) in [4.78, 5) is 6.96.